The lowest BCUT2D eigenvalue weighted by Gasteiger charge is -2.17. The lowest BCUT2D eigenvalue weighted by molar-refractivity contribution is 0.416. The van der Waals surface area contributed by atoms with Gasteiger partial charge in [0.05, 0.1) is 13.2 Å². The summed E-state index contributed by atoms with van der Waals surface area (Å²) < 4.78 is 18.9. The van der Waals surface area contributed by atoms with Crippen molar-refractivity contribution in [2.24, 2.45) is 0 Å². The highest BCUT2D eigenvalue weighted by Gasteiger charge is 2.16. The second kappa shape index (κ2) is 6.17. The largest absolute Gasteiger partial charge is 0.496 e. The number of hydrogen-bond donors (Lipinski definition) is 1. The number of thiophene rings is 1. The highest BCUT2D eigenvalue weighted by atomic mass is 32.1. The normalized spacial score (nSPS) is 12.4. The predicted molar refractivity (Wildman–Crippen MR) is 77.5 cm³/mol. The third kappa shape index (κ3) is 3.14. The fourth-order valence-corrected chi connectivity index (χ4v) is 2.92. The molecule has 1 aromatic carbocycles. The number of methoxy groups -OCH3 is 1. The molecule has 2 nitrogen and oxygen atoms in total. The fraction of sp³-hybridized carbons (Fsp3) is 0.333. The van der Waals surface area contributed by atoms with Gasteiger partial charge in [-0.05, 0) is 36.7 Å². The summed E-state index contributed by atoms with van der Waals surface area (Å²) in [6.07, 6.45) is 0. The molecular formula is C15H18FNOS. The van der Waals surface area contributed by atoms with Gasteiger partial charge >= 0.3 is 0 Å². The zero-order valence-electron chi connectivity index (χ0n) is 11.4. The molecule has 0 fully saturated rings. The van der Waals surface area contributed by atoms with Gasteiger partial charge in [-0.15, -0.1) is 11.3 Å². The first-order valence-electron chi connectivity index (χ1n) is 6.27. The molecule has 0 bridgehead atoms. The van der Waals surface area contributed by atoms with Crippen molar-refractivity contribution in [1.82, 2.24) is 5.32 Å². The maximum atomic E-state index is 13.7. The zero-order valence-corrected chi connectivity index (χ0v) is 12.2. The van der Waals surface area contributed by atoms with E-state index in [2.05, 4.69) is 5.32 Å². The van der Waals surface area contributed by atoms with Crippen LogP contribution in [-0.4, -0.2) is 13.7 Å². The summed E-state index contributed by atoms with van der Waals surface area (Å²) in [7, 11) is 1.65. The van der Waals surface area contributed by atoms with Crippen molar-refractivity contribution in [3.05, 3.63) is 51.5 Å². The second-order valence-electron chi connectivity index (χ2n) is 4.39. The average molecular weight is 279 g/mol. The van der Waals surface area contributed by atoms with Crippen LogP contribution in [0, 0.1) is 12.7 Å². The fourth-order valence-electron chi connectivity index (χ4n) is 1.97. The molecular weight excluding hydrogens is 261 g/mol. The number of hydrogen-bond acceptors (Lipinski definition) is 3. The van der Waals surface area contributed by atoms with E-state index in [1.807, 2.05) is 30.5 Å². The summed E-state index contributed by atoms with van der Waals surface area (Å²) in [6, 6.07) is 7.40. The first-order valence-corrected chi connectivity index (χ1v) is 7.15. The Morgan fingerprint density at radius 2 is 2.16 bits per heavy atom. The number of halogens is 1. The van der Waals surface area contributed by atoms with Crippen LogP contribution in [0.4, 0.5) is 4.39 Å². The van der Waals surface area contributed by atoms with Gasteiger partial charge in [-0.25, -0.2) is 4.39 Å². The van der Waals surface area contributed by atoms with Gasteiger partial charge < -0.3 is 10.1 Å². The van der Waals surface area contributed by atoms with E-state index in [9.17, 15) is 4.39 Å². The van der Waals surface area contributed by atoms with Gasteiger partial charge in [-0.1, -0.05) is 19.1 Å². The summed E-state index contributed by atoms with van der Waals surface area (Å²) in [5, 5.41) is 5.35. The minimum absolute atomic E-state index is 0.00833. The van der Waals surface area contributed by atoms with E-state index < -0.39 is 0 Å². The molecule has 0 aliphatic heterocycles. The van der Waals surface area contributed by atoms with Crippen LogP contribution >= 0.6 is 11.3 Å². The van der Waals surface area contributed by atoms with E-state index in [0.717, 1.165) is 22.7 Å². The molecule has 0 spiro atoms. The molecule has 0 aliphatic rings. The van der Waals surface area contributed by atoms with Crippen LogP contribution in [0.3, 0.4) is 0 Å². The Bertz CT molecular complexity index is 553. The first-order chi connectivity index (χ1) is 9.15. The number of aryl methyl sites for hydroxylation is 1. The number of benzene rings is 1. The molecule has 2 rings (SSSR count). The maximum Gasteiger partial charge on any atom is 0.129 e. The molecule has 2 aromatic rings. The predicted octanol–water partition coefficient (Wildman–Crippen LogP) is 3.90. The molecule has 1 N–H and O–H groups in total. The third-order valence-electron chi connectivity index (χ3n) is 3.05. The highest BCUT2D eigenvalue weighted by Crippen LogP contribution is 2.31. The standard InChI is InChI=1S/C15H18FNOS/c1-4-17-15(14-8-12(18-3)9-19-14)11-6-5-10(2)13(16)7-11/h5-9,15,17H,4H2,1-3H3. The van der Waals surface area contributed by atoms with Crippen molar-refractivity contribution in [2.45, 2.75) is 19.9 Å². The smallest absolute Gasteiger partial charge is 0.129 e. The Balaban J connectivity index is 2.35. The minimum atomic E-state index is -0.163. The Kier molecular flexibility index (Phi) is 4.56. The van der Waals surface area contributed by atoms with Gasteiger partial charge in [0, 0.05) is 10.3 Å². The molecule has 0 amide bonds. The van der Waals surface area contributed by atoms with Crippen LogP contribution in [0.25, 0.3) is 0 Å². The molecule has 0 saturated heterocycles. The van der Waals surface area contributed by atoms with Crippen molar-refractivity contribution in [2.75, 3.05) is 13.7 Å². The van der Waals surface area contributed by atoms with E-state index in [0.29, 0.717) is 5.56 Å². The Hall–Kier alpha value is -1.39. The van der Waals surface area contributed by atoms with Gasteiger partial charge in [-0.2, -0.15) is 0 Å². The summed E-state index contributed by atoms with van der Waals surface area (Å²) in [6.45, 7) is 4.64. The zero-order chi connectivity index (χ0) is 13.8. The lowest BCUT2D eigenvalue weighted by Crippen LogP contribution is -2.21. The molecule has 19 heavy (non-hydrogen) atoms. The van der Waals surface area contributed by atoms with E-state index in [-0.39, 0.29) is 11.9 Å². The number of ether oxygens (including phenoxy) is 1. The Morgan fingerprint density at radius 3 is 2.74 bits per heavy atom. The van der Waals surface area contributed by atoms with Crippen molar-refractivity contribution in [3.63, 3.8) is 0 Å². The molecule has 1 aromatic heterocycles. The van der Waals surface area contributed by atoms with E-state index in [1.165, 1.54) is 0 Å². The first kappa shape index (κ1) is 14.0. The molecule has 1 unspecified atom stereocenters. The number of rotatable bonds is 5. The quantitative estimate of drug-likeness (QED) is 0.896. The molecule has 0 saturated carbocycles. The lowest BCUT2D eigenvalue weighted by atomic mass is 10.0. The van der Waals surface area contributed by atoms with Crippen molar-refractivity contribution >= 4 is 11.3 Å². The summed E-state index contributed by atoms with van der Waals surface area (Å²) in [4.78, 5) is 1.13. The van der Waals surface area contributed by atoms with Crippen molar-refractivity contribution in [3.8, 4) is 5.75 Å². The molecule has 1 heterocycles. The summed E-state index contributed by atoms with van der Waals surface area (Å²) in [5.74, 6) is 0.680. The summed E-state index contributed by atoms with van der Waals surface area (Å²) >= 11 is 1.62. The Morgan fingerprint density at radius 1 is 1.37 bits per heavy atom. The monoisotopic (exact) mass is 279 g/mol. The van der Waals surface area contributed by atoms with Crippen molar-refractivity contribution < 1.29 is 9.13 Å². The van der Waals surface area contributed by atoms with Crippen LogP contribution < -0.4 is 10.1 Å². The van der Waals surface area contributed by atoms with Gasteiger partial charge in [-0.3, -0.25) is 0 Å². The van der Waals surface area contributed by atoms with Crippen LogP contribution in [0.5, 0.6) is 5.75 Å². The van der Waals surface area contributed by atoms with E-state index in [1.54, 1.807) is 31.4 Å². The van der Waals surface area contributed by atoms with Gasteiger partial charge in [0.25, 0.3) is 0 Å². The van der Waals surface area contributed by atoms with Gasteiger partial charge in [0.1, 0.15) is 11.6 Å². The van der Waals surface area contributed by atoms with E-state index >= 15 is 0 Å². The highest BCUT2D eigenvalue weighted by molar-refractivity contribution is 7.10. The van der Waals surface area contributed by atoms with Crippen LogP contribution in [0.2, 0.25) is 0 Å². The third-order valence-corrected chi connectivity index (χ3v) is 4.03. The average Bonchev–Trinajstić information content (AvgIpc) is 2.88. The SMILES string of the molecule is CCNC(c1ccc(C)c(F)c1)c1cc(OC)cs1. The van der Waals surface area contributed by atoms with Crippen LogP contribution in [0.15, 0.2) is 29.6 Å². The van der Waals surface area contributed by atoms with Crippen LogP contribution in [-0.2, 0) is 0 Å². The van der Waals surface area contributed by atoms with Crippen LogP contribution in [0.1, 0.15) is 29.0 Å². The second-order valence-corrected chi connectivity index (χ2v) is 5.33. The molecule has 102 valence electrons. The Labute approximate surface area is 117 Å². The minimum Gasteiger partial charge on any atom is -0.496 e. The van der Waals surface area contributed by atoms with Gasteiger partial charge in [0.15, 0.2) is 0 Å². The molecule has 0 aliphatic carbocycles. The molecule has 0 radical (unpaired) electrons. The summed E-state index contributed by atoms with van der Waals surface area (Å²) in [5.41, 5.74) is 1.61. The topological polar surface area (TPSA) is 21.3 Å². The molecule has 1 atom stereocenters. The van der Waals surface area contributed by atoms with Crippen molar-refractivity contribution in [1.29, 1.82) is 0 Å². The molecule has 4 heteroatoms. The maximum absolute atomic E-state index is 13.7. The number of nitrogens with one attached hydrogen (secondary N) is 1. The van der Waals surface area contributed by atoms with Gasteiger partial charge in [0.2, 0.25) is 0 Å². The van der Waals surface area contributed by atoms with E-state index in [4.69, 9.17) is 4.74 Å².